The molecule has 4 aromatic rings. The number of nitrogens with zero attached hydrogens (tertiary/aromatic N) is 2. The number of carbonyl (C=O) groups is 1. The monoisotopic (exact) mass is 451 g/mol. The fourth-order valence-electron chi connectivity index (χ4n) is 4.63. The fraction of sp³-hybridized carbons (Fsp3) is 0.179. The Morgan fingerprint density at radius 3 is 2.44 bits per heavy atom. The molecule has 0 aliphatic carbocycles. The molecule has 6 nitrogen and oxygen atoms in total. The number of aromatic nitrogens is 1. The number of amides is 1. The first kappa shape index (κ1) is 21.6. The summed E-state index contributed by atoms with van der Waals surface area (Å²) in [5, 5.41) is 7.10. The minimum atomic E-state index is -0.296. The molecule has 5 rings (SSSR count). The van der Waals surface area contributed by atoms with Crippen LogP contribution < -0.4 is 10.3 Å². The van der Waals surface area contributed by atoms with Crippen molar-refractivity contribution in [2.45, 2.75) is 26.3 Å². The number of rotatable bonds is 4. The van der Waals surface area contributed by atoms with Gasteiger partial charge in [0.25, 0.3) is 5.56 Å². The van der Waals surface area contributed by atoms with Crippen LogP contribution in [0.1, 0.15) is 36.1 Å². The zero-order valence-electron chi connectivity index (χ0n) is 19.3. The van der Waals surface area contributed by atoms with Crippen LogP contribution in [0.2, 0.25) is 0 Å². The first-order valence-corrected chi connectivity index (χ1v) is 11.2. The third-order valence-corrected chi connectivity index (χ3v) is 6.25. The number of aromatic amines is 1. The standard InChI is InChI=1S/C28H25N3O3/c1-17-9-14-22-23(15-17)29-28(33)27(26(22)20-7-5-4-6-8-20)24-16-25(31(30-24)18(2)32)19-10-12-21(34-3)13-11-19/h4-15,25H,16H2,1-3H3,(H,29,33)/t25-/m1/s1. The zero-order valence-corrected chi connectivity index (χ0v) is 19.3. The number of aryl methyl sites for hydroxylation is 1. The Morgan fingerprint density at radius 2 is 1.76 bits per heavy atom. The molecule has 0 unspecified atom stereocenters. The molecule has 0 bridgehead atoms. The third-order valence-electron chi connectivity index (χ3n) is 6.25. The van der Waals surface area contributed by atoms with Crippen LogP contribution in [0.5, 0.6) is 5.75 Å². The molecule has 0 saturated heterocycles. The van der Waals surface area contributed by atoms with E-state index in [9.17, 15) is 9.59 Å². The number of hydrogen-bond donors (Lipinski definition) is 1. The zero-order chi connectivity index (χ0) is 23.8. The first-order chi connectivity index (χ1) is 16.5. The van der Waals surface area contributed by atoms with Gasteiger partial charge in [0.15, 0.2) is 0 Å². The van der Waals surface area contributed by atoms with Gasteiger partial charge in [-0.2, -0.15) is 5.10 Å². The summed E-state index contributed by atoms with van der Waals surface area (Å²) < 4.78 is 5.27. The molecule has 1 aromatic heterocycles. The van der Waals surface area contributed by atoms with Gasteiger partial charge in [0, 0.05) is 29.8 Å². The fourth-order valence-corrected chi connectivity index (χ4v) is 4.63. The summed E-state index contributed by atoms with van der Waals surface area (Å²) in [6.45, 7) is 3.49. The molecule has 1 aliphatic rings. The Morgan fingerprint density at radius 1 is 1.03 bits per heavy atom. The molecular formula is C28H25N3O3. The molecule has 0 fully saturated rings. The van der Waals surface area contributed by atoms with Crippen molar-refractivity contribution in [2.75, 3.05) is 7.11 Å². The van der Waals surface area contributed by atoms with E-state index in [-0.39, 0.29) is 17.5 Å². The van der Waals surface area contributed by atoms with E-state index in [1.807, 2.05) is 79.7 Å². The van der Waals surface area contributed by atoms with Crippen LogP contribution in [-0.4, -0.2) is 28.7 Å². The molecule has 6 heteroatoms. The Labute approximate surface area is 197 Å². The molecule has 34 heavy (non-hydrogen) atoms. The number of H-pyrrole nitrogens is 1. The maximum Gasteiger partial charge on any atom is 0.258 e. The third kappa shape index (κ3) is 3.77. The minimum Gasteiger partial charge on any atom is -0.497 e. The molecule has 1 aliphatic heterocycles. The predicted molar refractivity (Wildman–Crippen MR) is 134 cm³/mol. The summed E-state index contributed by atoms with van der Waals surface area (Å²) in [7, 11) is 1.62. The van der Waals surface area contributed by atoms with Crippen molar-refractivity contribution in [1.82, 2.24) is 9.99 Å². The molecule has 1 amide bonds. The lowest BCUT2D eigenvalue weighted by Crippen LogP contribution is -2.24. The molecule has 0 saturated carbocycles. The number of ether oxygens (including phenoxy) is 1. The van der Waals surface area contributed by atoms with Gasteiger partial charge >= 0.3 is 0 Å². The van der Waals surface area contributed by atoms with Crippen LogP contribution in [-0.2, 0) is 4.79 Å². The molecule has 170 valence electrons. The van der Waals surface area contributed by atoms with Crippen molar-refractivity contribution in [3.05, 3.63) is 99.8 Å². The number of fused-ring (bicyclic) bond motifs is 1. The Hall–Kier alpha value is -4.19. The van der Waals surface area contributed by atoms with Crippen molar-refractivity contribution in [1.29, 1.82) is 0 Å². The average molecular weight is 452 g/mol. The molecule has 1 atom stereocenters. The second kappa shape index (κ2) is 8.63. The number of nitrogens with one attached hydrogen (secondary N) is 1. The smallest absolute Gasteiger partial charge is 0.258 e. The predicted octanol–water partition coefficient (Wildman–Crippen LogP) is 5.21. The van der Waals surface area contributed by atoms with Gasteiger partial charge in [-0.05, 0) is 41.8 Å². The summed E-state index contributed by atoms with van der Waals surface area (Å²) in [5.41, 5.74) is 5.43. The Bertz CT molecular complexity index is 1470. The van der Waals surface area contributed by atoms with Crippen LogP contribution >= 0.6 is 0 Å². The molecule has 3 aromatic carbocycles. The van der Waals surface area contributed by atoms with Crippen molar-refractivity contribution in [3.63, 3.8) is 0 Å². The van der Waals surface area contributed by atoms with E-state index in [4.69, 9.17) is 4.74 Å². The molecule has 1 N–H and O–H groups in total. The molecule has 2 heterocycles. The summed E-state index contributed by atoms with van der Waals surface area (Å²) >= 11 is 0. The Balaban J connectivity index is 1.70. The normalized spacial score (nSPS) is 15.4. The van der Waals surface area contributed by atoms with Crippen LogP contribution in [0.25, 0.3) is 22.0 Å². The second-order valence-corrected chi connectivity index (χ2v) is 8.52. The van der Waals surface area contributed by atoms with Gasteiger partial charge in [-0.25, -0.2) is 5.01 Å². The summed E-state index contributed by atoms with van der Waals surface area (Å²) in [6, 6.07) is 23.2. The van der Waals surface area contributed by atoms with Gasteiger partial charge in [0.1, 0.15) is 5.75 Å². The molecule has 0 spiro atoms. The van der Waals surface area contributed by atoms with Gasteiger partial charge < -0.3 is 9.72 Å². The van der Waals surface area contributed by atoms with E-state index in [0.29, 0.717) is 17.7 Å². The Kier molecular flexibility index (Phi) is 5.49. The maximum absolute atomic E-state index is 13.5. The van der Waals surface area contributed by atoms with E-state index in [2.05, 4.69) is 10.1 Å². The SMILES string of the molecule is COc1ccc([C@H]2CC(c3c(-c4ccccc4)c4ccc(C)cc4[nH]c3=O)=NN2C(C)=O)cc1. The molecule has 0 radical (unpaired) electrons. The van der Waals surface area contributed by atoms with E-state index in [1.165, 1.54) is 11.9 Å². The van der Waals surface area contributed by atoms with Crippen LogP contribution in [0.3, 0.4) is 0 Å². The number of hydrazone groups is 1. The quantitative estimate of drug-likeness (QED) is 0.463. The van der Waals surface area contributed by atoms with Gasteiger partial charge in [0.05, 0.1) is 24.4 Å². The highest BCUT2D eigenvalue weighted by molar-refractivity contribution is 6.12. The van der Waals surface area contributed by atoms with Gasteiger partial charge in [-0.1, -0.05) is 54.6 Å². The van der Waals surface area contributed by atoms with E-state index < -0.39 is 0 Å². The molecular weight excluding hydrogens is 426 g/mol. The highest BCUT2D eigenvalue weighted by atomic mass is 16.5. The van der Waals surface area contributed by atoms with E-state index >= 15 is 0 Å². The lowest BCUT2D eigenvalue weighted by Gasteiger charge is -2.20. The van der Waals surface area contributed by atoms with Crippen LogP contribution in [0, 0.1) is 6.92 Å². The topological polar surface area (TPSA) is 74.8 Å². The minimum absolute atomic E-state index is 0.176. The largest absolute Gasteiger partial charge is 0.497 e. The van der Waals surface area contributed by atoms with Gasteiger partial charge in [-0.15, -0.1) is 0 Å². The van der Waals surface area contributed by atoms with E-state index in [0.717, 1.165) is 38.9 Å². The van der Waals surface area contributed by atoms with Crippen LogP contribution in [0.15, 0.2) is 82.7 Å². The lowest BCUT2D eigenvalue weighted by atomic mass is 9.90. The lowest BCUT2D eigenvalue weighted by molar-refractivity contribution is -0.130. The van der Waals surface area contributed by atoms with Gasteiger partial charge in [0.2, 0.25) is 5.91 Å². The number of benzene rings is 3. The summed E-state index contributed by atoms with van der Waals surface area (Å²) in [4.78, 5) is 29.0. The number of hydrogen-bond acceptors (Lipinski definition) is 4. The number of pyridine rings is 1. The van der Waals surface area contributed by atoms with E-state index in [1.54, 1.807) is 7.11 Å². The number of carbonyl (C=O) groups excluding carboxylic acids is 1. The summed E-state index contributed by atoms with van der Waals surface area (Å²) in [5.74, 6) is 0.565. The van der Waals surface area contributed by atoms with Crippen LogP contribution in [0.4, 0.5) is 0 Å². The first-order valence-electron chi connectivity index (χ1n) is 11.2. The average Bonchev–Trinajstić information content (AvgIpc) is 3.29. The maximum atomic E-state index is 13.5. The number of methoxy groups -OCH3 is 1. The van der Waals surface area contributed by atoms with Crippen molar-refractivity contribution in [3.8, 4) is 16.9 Å². The highest BCUT2D eigenvalue weighted by Gasteiger charge is 2.34. The summed E-state index contributed by atoms with van der Waals surface area (Å²) in [6.07, 6.45) is 0.437. The highest BCUT2D eigenvalue weighted by Crippen LogP contribution is 2.37. The van der Waals surface area contributed by atoms with Crippen molar-refractivity contribution >= 4 is 22.5 Å². The van der Waals surface area contributed by atoms with Crippen molar-refractivity contribution in [2.24, 2.45) is 5.10 Å². The second-order valence-electron chi connectivity index (χ2n) is 8.52. The van der Waals surface area contributed by atoms with Gasteiger partial charge in [-0.3, -0.25) is 9.59 Å². The van der Waals surface area contributed by atoms with Crippen molar-refractivity contribution < 1.29 is 9.53 Å².